The van der Waals surface area contributed by atoms with Gasteiger partial charge in [0.2, 0.25) is 21.8 Å². The van der Waals surface area contributed by atoms with Crippen molar-refractivity contribution in [1.82, 2.24) is 14.5 Å². The van der Waals surface area contributed by atoms with Crippen LogP contribution in [0.5, 0.6) is 0 Å². The summed E-state index contributed by atoms with van der Waals surface area (Å²) >= 11 is 0. The van der Waals surface area contributed by atoms with E-state index in [0.717, 1.165) is 5.39 Å². The van der Waals surface area contributed by atoms with Crippen LogP contribution in [0.1, 0.15) is 13.3 Å². The van der Waals surface area contributed by atoms with Gasteiger partial charge in [-0.05, 0) is 17.9 Å². The molecule has 2 atom stereocenters. The fraction of sp³-hybridized carbons (Fsp3) is 0.368. The Kier molecular flexibility index (Phi) is 4.39. The standard InChI is InChI=1S/C19H21N3O4S/c1-2-15-19(24)22-11-10-21(12-16(22)18(23)20-15)27(25,26)17-9-5-7-13-6-3-4-8-14(13)17/h3-9,15-16H,2,10-12H2,1H3,(H,20,23)/t15-,16+/m0/s1. The van der Waals surface area contributed by atoms with E-state index in [1.165, 1.54) is 9.21 Å². The van der Waals surface area contributed by atoms with Gasteiger partial charge in [-0.1, -0.05) is 43.3 Å². The van der Waals surface area contributed by atoms with E-state index in [2.05, 4.69) is 5.32 Å². The zero-order valence-electron chi connectivity index (χ0n) is 15.0. The maximum atomic E-state index is 13.3. The van der Waals surface area contributed by atoms with Crippen molar-refractivity contribution in [2.45, 2.75) is 30.3 Å². The molecule has 2 aliphatic heterocycles. The highest BCUT2D eigenvalue weighted by atomic mass is 32.2. The summed E-state index contributed by atoms with van der Waals surface area (Å²) in [5.74, 6) is -0.427. The molecular weight excluding hydrogens is 366 g/mol. The van der Waals surface area contributed by atoms with E-state index < -0.39 is 22.1 Å². The highest BCUT2D eigenvalue weighted by Gasteiger charge is 2.45. The van der Waals surface area contributed by atoms with Crippen LogP contribution in [0.2, 0.25) is 0 Å². The summed E-state index contributed by atoms with van der Waals surface area (Å²) in [5, 5.41) is 4.20. The Morgan fingerprint density at radius 2 is 1.81 bits per heavy atom. The minimum Gasteiger partial charge on any atom is -0.342 e. The van der Waals surface area contributed by atoms with E-state index >= 15 is 0 Å². The molecule has 2 amide bonds. The molecule has 0 radical (unpaired) electrons. The van der Waals surface area contributed by atoms with Crippen LogP contribution in [-0.2, 0) is 19.6 Å². The van der Waals surface area contributed by atoms with Gasteiger partial charge in [-0.3, -0.25) is 9.59 Å². The number of hydrogen-bond acceptors (Lipinski definition) is 4. The van der Waals surface area contributed by atoms with E-state index in [-0.39, 0.29) is 36.3 Å². The third-order valence-electron chi connectivity index (χ3n) is 5.32. The number of sulfonamides is 1. The first-order valence-corrected chi connectivity index (χ1v) is 10.5. The van der Waals surface area contributed by atoms with Crippen molar-refractivity contribution in [3.05, 3.63) is 42.5 Å². The molecular formula is C19H21N3O4S. The lowest BCUT2D eigenvalue weighted by Gasteiger charge is -2.44. The molecule has 0 aliphatic carbocycles. The molecule has 2 aliphatic rings. The summed E-state index contributed by atoms with van der Waals surface area (Å²) in [6.45, 7) is 2.21. The van der Waals surface area contributed by atoms with Crippen LogP contribution in [0.25, 0.3) is 10.8 Å². The first-order valence-electron chi connectivity index (χ1n) is 9.02. The Hall–Kier alpha value is -2.45. The lowest BCUT2D eigenvalue weighted by Crippen LogP contribution is -2.69. The van der Waals surface area contributed by atoms with Crippen molar-refractivity contribution < 1.29 is 18.0 Å². The molecule has 4 rings (SSSR count). The van der Waals surface area contributed by atoms with Crippen molar-refractivity contribution in [2.24, 2.45) is 0 Å². The Balaban J connectivity index is 1.67. The van der Waals surface area contributed by atoms with Crippen LogP contribution in [0.4, 0.5) is 0 Å². The monoisotopic (exact) mass is 387 g/mol. The lowest BCUT2D eigenvalue weighted by atomic mass is 10.0. The van der Waals surface area contributed by atoms with Crippen molar-refractivity contribution in [1.29, 1.82) is 0 Å². The summed E-state index contributed by atoms with van der Waals surface area (Å²) < 4.78 is 27.9. The van der Waals surface area contributed by atoms with Crippen LogP contribution in [0.15, 0.2) is 47.4 Å². The Morgan fingerprint density at radius 1 is 1.07 bits per heavy atom. The second-order valence-electron chi connectivity index (χ2n) is 6.86. The van der Waals surface area contributed by atoms with Gasteiger partial charge in [0.1, 0.15) is 12.1 Å². The van der Waals surface area contributed by atoms with Crippen molar-refractivity contribution >= 4 is 32.6 Å². The average molecular weight is 387 g/mol. The van der Waals surface area contributed by atoms with Crippen molar-refractivity contribution in [3.63, 3.8) is 0 Å². The Bertz CT molecular complexity index is 1020. The first kappa shape index (κ1) is 17.9. The predicted molar refractivity (Wildman–Crippen MR) is 100 cm³/mol. The molecule has 2 heterocycles. The number of benzene rings is 2. The summed E-state index contributed by atoms with van der Waals surface area (Å²) in [4.78, 5) is 26.7. The molecule has 8 heteroatoms. The number of nitrogens with one attached hydrogen (secondary N) is 1. The molecule has 0 aromatic heterocycles. The highest BCUT2D eigenvalue weighted by molar-refractivity contribution is 7.89. The van der Waals surface area contributed by atoms with Crippen molar-refractivity contribution in [2.75, 3.05) is 19.6 Å². The maximum Gasteiger partial charge on any atom is 0.245 e. The fourth-order valence-corrected chi connectivity index (χ4v) is 5.48. The second-order valence-corrected chi connectivity index (χ2v) is 8.76. The van der Waals surface area contributed by atoms with Crippen LogP contribution in [-0.4, -0.2) is 61.2 Å². The van der Waals surface area contributed by atoms with E-state index in [9.17, 15) is 18.0 Å². The smallest absolute Gasteiger partial charge is 0.245 e. The fourth-order valence-electron chi connectivity index (χ4n) is 3.83. The minimum atomic E-state index is -3.78. The van der Waals surface area contributed by atoms with Gasteiger partial charge in [-0.15, -0.1) is 0 Å². The van der Waals surface area contributed by atoms with Gasteiger partial charge >= 0.3 is 0 Å². The van der Waals surface area contributed by atoms with Gasteiger partial charge in [-0.25, -0.2) is 8.42 Å². The molecule has 0 bridgehead atoms. The molecule has 0 spiro atoms. The molecule has 7 nitrogen and oxygen atoms in total. The summed E-state index contributed by atoms with van der Waals surface area (Å²) in [5.41, 5.74) is 0. The largest absolute Gasteiger partial charge is 0.342 e. The number of carbonyl (C=O) groups is 2. The molecule has 2 fully saturated rings. The Labute approximate surface area is 158 Å². The minimum absolute atomic E-state index is 0.0282. The number of hydrogen-bond donors (Lipinski definition) is 1. The number of amides is 2. The first-order chi connectivity index (χ1) is 12.9. The SMILES string of the molecule is CC[C@@H]1NC(=O)[C@H]2CN(S(=O)(=O)c3cccc4ccccc34)CCN2C1=O. The van der Waals surface area contributed by atoms with E-state index in [4.69, 9.17) is 0 Å². The van der Waals surface area contributed by atoms with Gasteiger partial charge in [0.05, 0.1) is 4.90 Å². The molecule has 142 valence electrons. The van der Waals surface area contributed by atoms with Crippen molar-refractivity contribution in [3.8, 4) is 0 Å². The Morgan fingerprint density at radius 3 is 2.59 bits per heavy atom. The quantitative estimate of drug-likeness (QED) is 0.850. The topological polar surface area (TPSA) is 86.8 Å². The molecule has 2 aromatic rings. The summed E-state index contributed by atoms with van der Waals surface area (Å²) in [6.07, 6.45) is 0.520. The van der Waals surface area contributed by atoms with E-state index in [1.54, 1.807) is 24.3 Å². The van der Waals surface area contributed by atoms with Gasteiger partial charge in [0.15, 0.2) is 0 Å². The molecule has 27 heavy (non-hydrogen) atoms. The zero-order chi connectivity index (χ0) is 19.2. The molecule has 2 saturated heterocycles. The second kappa shape index (κ2) is 6.61. The van der Waals surface area contributed by atoms with Crippen LogP contribution >= 0.6 is 0 Å². The predicted octanol–water partition coefficient (Wildman–Crippen LogP) is 0.950. The van der Waals surface area contributed by atoms with Crippen LogP contribution in [0, 0.1) is 0 Å². The number of fused-ring (bicyclic) bond motifs is 2. The van der Waals surface area contributed by atoms with E-state index in [1.807, 2.05) is 25.1 Å². The third-order valence-corrected chi connectivity index (χ3v) is 7.24. The molecule has 1 N–H and O–H groups in total. The van der Waals surface area contributed by atoms with E-state index in [0.29, 0.717) is 11.8 Å². The van der Waals surface area contributed by atoms with Gasteiger partial charge in [0, 0.05) is 25.0 Å². The number of carbonyl (C=O) groups excluding carboxylic acids is 2. The van der Waals surface area contributed by atoms with Gasteiger partial charge in [-0.2, -0.15) is 4.31 Å². The van der Waals surface area contributed by atoms with Crippen LogP contribution in [0.3, 0.4) is 0 Å². The number of nitrogens with zero attached hydrogens (tertiary/aromatic N) is 2. The van der Waals surface area contributed by atoms with Crippen LogP contribution < -0.4 is 5.32 Å². The third kappa shape index (κ3) is 2.89. The average Bonchev–Trinajstić information content (AvgIpc) is 2.69. The number of rotatable bonds is 3. The summed E-state index contributed by atoms with van der Waals surface area (Å²) in [7, 11) is -3.78. The normalized spacial score (nSPS) is 24.0. The number of piperazine rings is 2. The lowest BCUT2D eigenvalue weighted by molar-refractivity contribution is -0.151. The summed E-state index contributed by atoms with van der Waals surface area (Å²) in [6, 6.07) is 11.2. The maximum absolute atomic E-state index is 13.3. The molecule has 0 unspecified atom stereocenters. The zero-order valence-corrected chi connectivity index (χ0v) is 15.8. The van der Waals surface area contributed by atoms with Gasteiger partial charge < -0.3 is 10.2 Å². The van der Waals surface area contributed by atoms with Gasteiger partial charge in [0.25, 0.3) is 0 Å². The molecule has 2 aromatic carbocycles. The molecule has 0 saturated carbocycles. The highest BCUT2D eigenvalue weighted by Crippen LogP contribution is 2.28.